The summed E-state index contributed by atoms with van der Waals surface area (Å²) >= 11 is 0. The van der Waals surface area contributed by atoms with E-state index in [-0.39, 0.29) is 0 Å². The summed E-state index contributed by atoms with van der Waals surface area (Å²) < 4.78 is 30.3. The van der Waals surface area contributed by atoms with Crippen LogP contribution in [0.1, 0.15) is 17.5 Å². The summed E-state index contributed by atoms with van der Waals surface area (Å²) in [4.78, 5) is 2.30. The van der Waals surface area contributed by atoms with Crippen molar-refractivity contribution in [3.63, 3.8) is 0 Å². The number of aromatic nitrogens is 1. The monoisotopic (exact) mass is 500 g/mol. The summed E-state index contributed by atoms with van der Waals surface area (Å²) in [6, 6.07) is 12.9. The number of rotatable bonds is 6. The molecule has 8 heteroatoms. The first-order valence-electron chi connectivity index (χ1n) is 13.0. The minimum Gasteiger partial charge on any atom is -0.377 e. The maximum Gasteiger partial charge on any atom is 0.169 e. The Bertz CT molecular complexity index is 827. The molecule has 1 saturated heterocycles. The molecule has 2 N–H and O–H groups in total. The highest BCUT2D eigenvalue weighted by molar-refractivity contribution is 5.70. The third kappa shape index (κ3) is 11.6. The maximum atomic E-state index is 5.78. The normalized spacial score (nSPS) is 18.1. The van der Waals surface area contributed by atoms with Crippen LogP contribution in [0.15, 0.2) is 48.8 Å². The molecule has 1 aliphatic heterocycles. The number of nitrogens with zero attached hydrogens (tertiary/aromatic N) is 2. The van der Waals surface area contributed by atoms with Crippen molar-refractivity contribution in [2.45, 2.75) is 13.0 Å². The zero-order valence-electron chi connectivity index (χ0n) is 21.4. The van der Waals surface area contributed by atoms with Gasteiger partial charge in [0.05, 0.1) is 66.1 Å². The van der Waals surface area contributed by atoms with Crippen LogP contribution in [-0.2, 0) is 30.2 Å². The second-order valence-corrected chi connectivity index (χ2v) is 8.49. The third-order valence-electron chi connectivity index (χ3n) is 5.76. The molecular weight excluding hydrogens is 458 g/mol. The van der Waals surface area contributed by atoms with Gasteiger partial charge >= 0.3 is 0 Å². The van der Waals surface area contributed by atoms with Gasteiger partial charge in [-0.05, 0) is 29.8 Å². The first kappa shape index (κ1) is 28.2. The van der Waals surface area contributed by atoms with Gasteiger partial charge in [0.1, 0.15) is 6.54 Å². The Kier molecular flexibility index (Phi) is 14.1. The van der Waals surface area contributed by atoms with E-state index in [0.29, 0.717) is 72.6 Å². The number of anilines is 1. The van der Waals surface area contributed by atoms with Gasteiger partial charge in [-0.25, -0.2) is 4.57 Å². The fourth-order valence-corrected chi connectivity index (χ4v) is 3.69. The van der Waals surface area contributed by atoms with E-state index in [1.54, 1.807) is 0 Å². The van der Waals surface area contributed by atoms with Crippen molar-refractivity contribution in [2.24, 2.45) is 5.73 Å². The van der Waals surface area contributed by atoms with E-state index in [2.05, 4.69) is 70.4 Å². The number of hydrogen-bond acceptors (Lipinski definition) is 7. The Morgan fingerprint density at radius 1 is 0.639 bits per heavy atom. The van der Waals surface area contributed by atoms with Crippen molar-refractivity contribution in [1.82, 2.24) is 0 Å². The van der Waals surface area contributed by atoms with E-state index in [0.717, 1.165) is 37.3 Å². The summed E-state index contributed by atoms with van der Waals surface area (Å²) in [5, 5.41) is 0. The Labute approximate surface area is 215 Å². The molecule has 0 saturated carbocycles. The van der Waals surface area contributed by atoms with Gasteiger partial charge in [0, 0.05) is 37.3 Å². The molecule has 0 unspecified atom stereocenters. The van der Waals surface area contributed by atoms with Crippen molar-refractivity contribution >= 4 is 17.8 Å². The van der Waals surface area contributed by atoms with E-state index in [9.17, 15) is 0 Å². The summed E-state index contributed by atoms with van der Waals surface area (Å²) in [5.74, 6) is 0. The molecule has 0 aliphatic carbocycles. The lowest BCUT2D eigenvalue weighted by Gasteiger charge is -2.25. The molecule has 2 aromatic rings. The van der Waals surface area contributed by atoms with Gasteiger partial charge < -0.3 is 34.3 Å². The lowest BCUT2D eigenvalue weighted by Crippen LogP contribution is -2.33. The number of ether oxygens (including phenoxy) is 5. The smallest absolute Gasteiger partial charge is 0.169 e. The second kappa shape index (κ2) is 18.0. The van der Waals surface area contributed by atoms with Gasteiger partial charge in [-0.1, -0.05) is 24.3 Å². The van der Waals surface area contributed by atoms with Crippen molar-refractivity contribution in [2.75, 3.05) is 90.6 Å². The van der Waals surface area contributed by atoms with Gasteiger partial charge in [0.15, 0.2) is 12.4 Å². The highest BCUT2D eigenvalue weighted by atomic mass is 16.6. The number of aryl methyl sites for hydroxylation is 1. The van der Waals surface area contributed by atoms with Crippen LogP contribution in [0.3, 0.4) is 0 Å². The Morgan fingerprint density at radius 3 is 1.56 bits per heavy atom. The highest BCUT2D eigenvalue weighted by Gasteiger charge is 2.07. The molecule has 36 heavy (non-hydrogen) atoms. The molecule has 1 aromatic carbocycles. The highest BCUT2D eigenvalue weighted by Crippen LogP contribution is 2.17. The average molecular weight is 501 g/mol. The molecule has 0 amide bonds. The zero-order chi connectivity index (χ0) is 25.1. The zero-order valence-corrected chi connectivity index (χ0v) is 21.4. The lowest BCUT2D eigenvalue weighted by atomic mass is 10.1. The standard InChI is InChI=1S/C28H42N3O5/c29-10-1-11-30-12-8-27(9-13-30)3-2-26-4-6-28(7-5-26)31-14-16-32-18-20-34-22-24-36-25-23-35-21-19-33-17-15-31/h2-9,12-13H,1,10-11,14-25,29H2/q+1. The number of hydrogen-bond donors (Lipinski definition) is 1. The molecule has 1 fully saturated rings. The summed E-state index contributed by atoms with van der Waals surface area (Å²) in [5.41, 5.74) is 9.08. The van der Waals surface area contributed by atoms with Crippen LogP contribution in [0.5, 0.6) is 0 Å². The molecule has 1 aromatic heterocycles. The fraction of sp³-hybridized carbons (Fsp3) is 0.536. The lowest BCUT2D eigenvalue weighted by molar-refractivity contribution is -0.697. The predicted molar refractivity (Wildman–Crippen MR) is 142 cm³/mol. The molecule has 0 atom stereocenters. The fourth-order valence-electron chi connectivity index (χ4n) is 3.69. The molecule has 8 nitrogen and oxygen atoms in total. The van der Waals surface area contributed by atoms with Crippen LogP contribution in [0.4, 0.5) is 5.69 Å². The maximum absolute atomic E-state index is 5.78. The number of benzene rings is 1. The van der Waals surface area contributed by atoms with Crippen LogP contribution in [-0.4, -0.2) is 85.7 Å². The molecular formula is C28H42N3O5+. The molecule has 1 aliphatic rings. The molecule has 0 spiro atoms. The van der Waals surface area contributed by atoms with Crippen LogP contribution in [0.2, 0.25) is 0 Å². The molecule has 0 radical (unpaired) electrons. The minimum atomic E-state index is 0.568. The first-order chi connectivity index (χ1) is 17.8. The molecule has 0 bridgehead atoms. The van der Waals surface area contributed by atoms with Gasteiger partial charge in [-0.15, -0.1) is 0 Å². The quantitative estimate of drug-likeness (QED) is 0.610. The SMILES string of the molecule is NCCC[n+]1ccc(/C=C/c2ccc(N3CCOCCOCCOCCOCCOCC3)cc2)cc1. The van der Waals surface area contributed by atoms with Gasteiger partial charge in [-0.2, -0.15) is 0 Å². The van der Waals surface area contributed by atoms with Crippen LogP contribution < -0.4 is 15.2 Å². The van der Waals surface area contributed by atoms with E-state index >= 15 is 0 Å². The molecule has 3 rings (SSSR count). The first-order valence-corrected chi connectivity index (χ1v) is 13.0. The molecule has 2 heterocycles. The van der Waals surface area contributed by atoms with Crippen molar-refractivity contribution in [3.8, 4) is 0 Å². The second-order valence-electron chi connectivity index (χ2n) is 8.49. The average Bonchev–Trinajstić information content (AvgIpc) is 2.91. The Morgan fingerprint density at radius 2 is 1.08 bits per heavy atom. The number of nitrogens with two attached hydrogens (primary N) is 1. The van der Waals surface area contributed by atoms with E-state index in [4.69, 9.17) is 29.4 Å². The van der Waals surface area contributed by atoms with Crippen LogP contribution >= 0.6 is 0 Å². The van der Waals surface area contributed by atoms with Crippen molar-refractivity contribution < 1.29 is 28.3 Å². The van der Waals surface area contributed by atoms with E-state index in [1.807, 2.05) is 0 Å². The summed E-state index contributed by atoms with van der Waals surface area (Å²) in [7, 11) is 0. The minimum absolute atomic E-state index is 0.568. The van der Waals surface area contributed by atoms with Crippen LogP contribution in [0, 0.1) is 0 Å². The van der Waals surface area contributed by atoms with Gasteiger partial charge in [0.25, 0.3) is 0 Å². The predicted octanol–water partition coefficient (Wildman–Crippen LogP) is 2.40. The van der Waals surface area contributed by atoms with Gasteiger partial charge in [-0.3, -0.25) is 0 Å². The summed E-state index contributed by atoms with van der Waals surface area (Å²) in [6.07, 6.45) is 9.46. The van der Waals surface area contributed by atoms with E-state index in [1.165, 1.54) is 5.56 Å². The van der Waals surface area contributed by atoms with E-state index < -0.39 is 0 Å². The van der Waals surface area contributed by atoms with Crippen molar-refractivity contribution in [1.29, 1.82) is 0 Å². The molecule has 198 valence electrons. The number of pyridine rings is 1. The Hall–Kier alpha value is -2.33. The summed E-state index contributed by atoms with van der Waals surface area (Å²) in [6.45, 7) is 9.04. The Balaban J connectivity index is 1.52. The third-order valence-corrected chi connectivity index (χ3v) is 5.76. The largest absolute Gasteiger partial charge is 0.377 e. The van der Waals surface area contributed by atoms with Crippen molar-refractivity contribution in [3.05, 3.63) is 59.9 Å². The van der Waals surface area contributed by atoms with Crippen LogP contribution in [0.25, 0.3) is 12.2 Å². The topological polar surface area (TPSA) is 79.3 Å². The van der Waals surface area contributed by atoms with Gasteiger partial charge in [0.2, 0.25) is 0 Å².